The number of hydrogen-bond acceptors (Lipinski definition) is 6. The second-order valence-corrected chi connectivity index (χ2v) is 9.10. The molecule has 34 heavy (non-hydrogen) atoms. The van der Waals surface area contributed by atoms with Crippen LogP contribution in [0.1, 0.15) is 39.9 Å². The lowest BCUT2D eigenvalue weighted by Crippen LogP contribution is -2.52. The summed E-state index contributed by atoms with van der Waals surface area (Å²) in [6.45, 7) is 6.77. The van der Waals surface area contributed by atoms with Crippen molar-refractivity contribution in [3.8, 4) is 12.3 Å². The zero-order chi connectivity index (χ0) is 23.7. The van der Waals surface area contributed by atoms with E-state index < -0.39 is 6.04 Å². The zero-order valence-corrected chi connectivity index (χ0v) is 19.1. The van der Waals surface area contributed by atoms with E-state index in [0.29, 0.717) is 18.5 Å². The van der Waals surface area contributed by atoms with Crippen LogP contribution >= 0.6 is 0 Å². The third-order valence-corrected chi connectivity index (χ3v) is 6.98. The van der Waals surface area contributed by atoms with E-state index >= 15 is 0 Å². The van der Waals surface area contributed by atoms with Crippen molar-refractivity contribution in [2.24, 2.45) is 0 Å². The Morgan fingerprint density at radius 2 is 1.88 bits per heavy atom. The average Bonchev–Trinajstić information content (AvgIpc) is 3.44. The number of aromatic nitrogens is 2. The highest BCUT2D eigenvalue weighted by Gasteiger charge is 2.39. The number of carbonyl (C=O) groups excluding carboxylic acids is 3. The van der Waals surface area contributed by atoms with Gasteiger partial charge in [0.25, 0.3) is 5.91 Å². The predicted octanol–water partition coefficient (Wildman–Crippen LogP) is 0.443. The molecule has 1 aromatic carbocycles. The van der Waals surface area contributed by atoms with E-state index in [4.69, 9.17) is 6.42 Å². The van der Waals surface area contributed by atoms with E-state index in [0.717, 1.165) is 62.5 Å². The summed E-state index contributed by atoms with van der Waals surface area (Å²) in [7, 11) is 0. The quantitative estimate of drug-likeness (QED) is 0.497. The summed E-state index contributed by atoms with van der Waals surface area (Å²) in [5, 5.41) is 6.66. The van der Waals surface area contributed by atoms with Crippen LogP contribution in [0.2, 0.25) is 0 Å². The summed E-state index contributed by atoms with van der Waals surface area (Å²) in [6, 6.07) is 5.25. The summed E-state index contributed by atoms with van der Waals surface area (Å²) in [5.41, 5.74) is 3.61. The number of carbonyl (C=O) groups is 3. The van der Waals surface area contributed by atoms with Crippen molar-refractivity contribution in [1.29, 1.82) is 0 Å². The summed E-state index contributed by atoms with van der Waals surface area (Å²) in [4.78, 5) is 43.3. The van der Waals surface area contributed by atoms with Crippen molar-refractivity contribution in [1.82, 2.24) is 29.8 Å². The van der Waals surface area contributed by atoms with Gasteiger partial charge in [-0.3, -0.25) is 34.2 Å². The van der Waals surface area contributed by atoms with Crippen molar-refractivity contribution in [2.45, 2.75) is 38.5 Å². The fraction of sp³-hybridized carbons (Fsp3) is 0.440. The molecule has 176 valence electrons. The van der Waals surface area contributed by atoms with E-state index in [-0.39, 0.29) is 24.1 Å². The van der Waals surface area contributed by atoms with Crippen molar-refractivity contribution >= 4 is 17.7 Å². The maximum atomic E-state index is 13.0. The fourth-order valence-electron chi connectivity index (χ4n) is 5.01. The Morgan fingerprint density at radius 3 is 2.62 bits per heavy atom. The lowest BCUT2D eigenvalue weighted by molar-refractivity contribution is -0.136. The van der Waals surface area contributed by atoms with Crippen LogP contribution in [0.3, 0.4) is 0 Å². The first-order chi connectivity index (χ1) is 16.5. The molecule has 0 radical (unpaired) electrons. The average molecular weight is 461 g/mol. The minimum atomic E-state index is -0.583. The smallest absolute Gasteiger partial charge is 0.255 e. The maximum Gasteiger partial charge on any atom is 0.255 e. The molecule has 3 aliphatic heterocycles. The van der Waals surface area contributed by atoms with Crippen LogP contribution in [0.4, 0.5) is 0 Å². The van der Waals surface area contributed by atoms with Gasteiger partial charge in [-0.05, 0) is 23.6 Å². The van der Waals surface area contributed by atoms with Crippen molar-refractivity contribution in [3.63, 3.8) is 0 Å². The van der Waals surface area contributed by atoms with E-state index in [1.165, 1.54) is 0 Å². The second-order valence-electron chi connectivity index (χ2n) is 9.10. The van der Waals surface area contributed by atoms with Crippen LogP contribution in [0.5, 0.6) is 0 Å². The Morgan fingerprint density at radius 1 is 1.09 bits per heavy atom. The van der Waals surface area contributed by atoms with E-state index in [1.54, 1.807) is 11.1 Å². The van der Waals surface area contributed by atoms with Crippen LogP contribution in [-0.2, 0) is 29.2 Å². The van der Waals surface area contributed by atoms with Gasteiger partial charge in [-0.1, -0.05) is 18.1 Å². The Balaban J connectivity index is 1.17. The van der Waals surface area contributed by atoms with Gasteiger partial charge in [0.1, 0.15) is 6.04 Å². The molecular weight excluding hydrogens is 432 g/mol. The van der Waals surface area contributed by atoms with Gasteiger partial charge in [0, 0.05) is 64.0 Å². The Hall–Kier alpha value is -3.48. The lowest BCUT2D eigenvalue weighted by atomic mass is 10.0. The van der Waals surface area contributed by atoms with Gasteiger partial charge in [-0.15, -0.1) is 6.42 Å². The normalized spacial score (nSPS) is 21.4. The maximum absolute atomic E-state index is 13.0. The van der Waals surface area contributed by atoms with Crippen LogP contribution in [0.25, 0.3) is 0 Å². The van der Waals surface area contributed by atoms with Gasteiger partial charge in [-0.2, -0.15) is 5.10 Å². The Kier molecular flexibility index (Phi) is 6.18. The second kappa shape index (κ2) is 9.41. The number of fused-ring (bicyclic) bond motifs is 1. The third kappa shape index (κ3) is 4.47. The highest BCUT2D eigenvalue weighted by molar-refractivity contribution is 6.05. The standard InChI is InChI=1S/C25H28N6O3/c1-2-18-14-26-30(15-18)13-12-28-8-10-29(11-9-28)16-19-4-3-5-20-21(19)17-31(25(20)34)22-6-7-23(32)27-24(22)33/h1,3-5,14-15,22H,6-13,16-17H2,(H,27,32,33). The summed E-state index contributed by atoms with van der Waals surface area (Å²) >= 11 is 0. The summed E-state index contributed by atoms with van der Waals surface area (Å²) in [6.07, 6.45) is 9.66. The van der Waals surface area contributed by atoms with Crippen LogP contribution in [-0.4, -0.2) is 81.0 Å². The number of piperidine rings is 1. The number of terminal acetylenes is 1. The molecule has 9 heteroatoms. The molecule has 0 aliphatic carbocycles. The van der Waals surface area contributed by atoms with Crippen molar-refractivity contribution in [3.05, 3.63) is 52.8 Å². The molecule has 1 unspecified atom stereocenters. The molecule has 1 aromatic heterocycles. The molecule has 9 nitrogen and oxygen atoms in total. The molecule has 3 amide bonds. The predicted molar refractivity (Wildman–Crippen MR) is 124 cm³/mol. The Labute approximate surface area is 198 Å². The molecule has 0 spiro atoms. The Bertz CT molecular complexity index is 1160. The molecule has 1 N–H and O–H groups in total. The molecule has 1 atom stereocenters. The van der Waals surface area contributed by atoms with Crippen LogP contribution < -0.4 is 5.32 Å². The van der Waals surface area contributed by atoms with Gasteiger partial charge < -0.3 is 4.90 Å². The minimum absolute atomic E-state index is 0.122. The first-order valence-electron chi connectivity index (χ1n) is 11.7. The van der Waals surface area contributed by atoms with E-state index in [9.17, 15) is 14.4 Å². The molecule has 4 heterocycles. The number of piperazine rings is 1. The molecule has 0 saturated carbocycles. The third-order valence-electron chi connectivity index (χ3n) is 6.98. The highest BCUT2D eigenvalue weighted by Crippen LogP contribution is 2.30. The number of nitrogens with zero attached hydrogens (tertiary/aromatic N) is 5. The largest absolute Gasteiger partial charge is 0.322 e. The minimum Gasteiger partial charge on any atom is -0.322 e. The zero-order valence-electron chi connectivity index (χ0n) is 19.1. The SMILES string of the molecule is C#Cc1cnn(CCN2CCN(Cc3cccc4c3CN(C3CCC(=O)NC3=O)C4=O)CC2)c1. The monoisotopic (exact) mass is 460 g/mol. The van der Waals surface area contributed by atoms with Gasteiger partial charge in [0.15, 0.2) is 0 Å². The van der Waals surface area contributed by atoms with Crippen molar-refractivity contribution < 1.29 is 14.4 Å². The number of rotatable bonds is 6. The molecule has 0 bridgehead atoms. The first kappa shape index (κ1) is 22.3. The van der Waals surface area contributed by atoms with Crippen LogP contribution in [0.15, 0.2) is 30.6 Å². The number of hydrogen-bond donors (Lipinski definition) is 1. The molecular formula is C25H28N6O3. The summed E-state index contributed by atoms with van der Waals surface area (Å²) < 4.78 is 1.89. The molecule has 2 aromatic rings. The summed E-state index contributed by atoms with van der Waals surface area (Å²) in [5.74, 6) is 1.83. The number of nitrogens with one attached hydrogen (secondary N) is 1. The number of benzene rings is 1. The number of imide groups is 1. The molecule has 3 aliphatic rings. The van der Waals surface area contributed by atoms with Gasteiger partial charge in [-0.25, -0.2) is 0 Å². The molecule has 2 saturated heterocycles. The van der Waals surface area contributed by atoms with Gasteiger partial charge in [0.2, 0.25) is 11.8 Å². The van der Waals surface area contributed by atoms with Gasteiger partial charge >= 0.3 is 0 Å². The van der Waals surface area contributed by atoms with Crippen LogP contribution in [0, 0.1) is 12.3 Å². The fourth-order valence-corrected chi connectivity index (χ4v) is 5.01. The molecule has 2 fully saturated rings. The number of amides is 3. The van der Waals surface area contributed by atoms with Gasteiger partial charge in [0.05, 0.1) is 18.3 Å². The highest BCUT2D eigenvalue weighted by atomic mass is 16.2. The van der Waals surface area contributed by atoms with E-state index in [2.05, 4.69) is 32.2 Å². The first-order valence-corrected chi connectivity index (χ1v) is 11.7. The lowest BCUT2D eigenvalue weighted by Gasteiger charge is -2.35. The van der Waals surface area contributed by atoms with E-state index in [1.807, 2.05) is 23.0 Å². The topological polar surface area (TPSA) is 90.8 Å². The molecule has 5 rings (SSSR count). The van der Waals surface area contributed by atoms with Crippen molar-refractivity contribution in [2.75, 3.05) is 32.7 Å².